The van der Waals surface area contributed by atoms with Crippen molar-refractivity contribution in [3.8, 4) is 11.5 Å². The van der Waals surface area contributed by atoms with Crippen molar-refractivity contribution >= 4 is 23.6 Å². The SMILES string of the molecule is CCCCCCCCCCOc1ccc(/C=C(/C=CC(=O)O)c2cccc(C(=O)OCC)c2)cc1OCCCCCCCCCC. The van der Waals surface area contributed by atoms with Gasteiger partial charge < -0.3 is 19.3 Å². The predicted molar refractivity (Wildman–Crippen MR) is 190 cm³/mol. The minimum atomic E-state index is -1.05. The highest BCUT2D eigenvalue weighted by Crippen LogP contribution is 2.31. The van der Waals surface area contributed by atoms with Crippen molar-refractivity contribution in [3.63, 3.8) is 0 Å². The monoisotopic (exact) mass is 634 g/mol. The number of aliphatic carboxylic acids is 1. The molecule has 2 aromatic rings. The van der Waals surface area contributed by atoms with Crippen LogP contribution in [0.5, 0.6) is 11.5 Å². The first kappa shape index (κ1) is 38.6. The van der Waals surface area contributed by atoms with Crippen LogP contribution in [0.4, 0.5) is 0 Å². The van der Waals surface area contributed by atoms with Crippen molar-refractivity contribution in [1.29, 1.82) is 0 Å². The molecule has 0 bridgehead atoms. The highest BCUT2D eigenvalue weighted by molar-refractivity contribution is 5.95. The number of carbonyl (C=O) groups is 2. The molecule has 0 fully saturated rings. The molecule has 6 nitrogen and oxygen atoms in total. The van der Waals surface area contributed by atoms with E-state index >= 15 is 0 Å². The van der Waals surface area contributed by atoms with Crippen LogP contribution < -0.4 is 9.47 Å². The standard InChI is InChI=1S/C40H58O6/c1-4-7-9-11-13-15-17-19-28-45-37-26-24-33(31-38(37)46-29-20-18-16-14-12-10-8-5-2)30-35(25-27-39(41)42)34-22-21-23-36(32-34)40(43)44-6-3/h21-27,30-32H,4-20,28-29H2,1-3H3,(H,41,42)/b27-25?,35-30-. The first-order valence-corrected chi connectivity index (χ1v) is 17.8. The van der Waals surface area contributed by atoms with Crippen LogP contribution in [0.3, 0.4) is 0 Å². The van der Waals surface area contributed by atoms with E-state index in [0.717, 1.165) is 43.1 Å². The van der Waals surface area contributed by atoms with Crippen LogP contribution in [0.25, 0.3) is 11.6 Å². The fraction of sp³-hybridized carbons (Fsp3) is 0.550. The van der Waals surface area contributed by atoms with Crippen LogP contribution in [-0.4, -0.2) is 36.9 Å². The average Bonchev–Trinajstić information content (AvgIpc) is 3.06. The number of hydrogen-bond acceptors (Lipinski definition) is 5. The van der Waals surface area contributed by atoms with Gasteiger partial charge in [-0.2, -0.15) is 0 Å². The smallest absolute Gasteiger partial charge is 0.338 e. The van der Waals surface area contributed by atoms with Gasteiger partial charge in [0, 0.05) is 6.08 Å². The molecule has 2 rings (SSSR count). The zero-order chi connectivity index (χ0) is 33.2. The summed E-state index contributed by atoms with van der Waals surface area (Å²) < 4.78 is 17.7. The van der Waals surface area contributed by atoms with Gasteiger partial charge in [-0.25, -0.2) is 9.59 Å². The molecule has 0 heterocycles. The molecule has 6 heteroatoms. The van der Waals surface area contributed by atoms with Crippen LogP contribution in [0.1, 0.15) is 145 Å². The number of rotatable bonds is 26. The Bertz CT molecular complexity index is 1200. The van der Waals surface area contributed by atoms with Gasteiger partial charge in [0.05, 0.1) is 25.4 Å². The van der Waals surface area contributed by atoms with Crippen LogP contribution in [-0.2, 0) is 9.53 Å². The molecular formula is C40H58O6. The first-order valence-electron chi connectivity index (χ1n) is 17.8. The number of unbranched alkanes of at least 4 members (excludes halogenated alkanes) is 14. The fourth-order valence-electron chi connectivity index (χ4n) is 5.29. The van der Waals surface area contributed by atoms with Crippen molar-refractivity contribution < 1.29 is 28.9 Å². The normalized spacial score (nSPS) is 11.6. The van der Waals surface area contributed by atoms with Crippen molar-refractivity contribution in [3.05, 3.63) is 71.3 Å². The lowest BCUT2D eigenvalue weighted by Gasteiger charge is -2.14. The van der Waals surface area contributed by atoms with Gasteiger partial charge in [-0.3, -0.25) is 0 Å². The summed E-state index contributed by atoms with van der Waals surface area (Å²) in [5.74, 6) is -0.0446. The van der Waals surface area contributed by atoms with Gasteiger partial charge in [0.2, 0.25) is 0 Å². The minimum Gasteiger partial charge on any atom is -0.490 e. The van der Waals surface area contributed by atoms with Gasteiger partial charge >= 0.3 is 11.9 Å². The van der Waals surface area contributed by atoms with Gasteiger partial charge in [0.25, 0.3) is 0 Å². The topological polar surface area (TPSA) is 82.1 Å². The molecule has 46 heavy (non-hydrogen) atoms. The Morgan fingerprint density at radius 2 is 1.17 bits per heavy atom. The summed E-state index contributed by atoms with van der Waals surface area (Å²) in [6, 6.07) is 12.9. The zero-order valence-corrected chi connectivity index (χ0v) is 28.7. The molecule has 0 aromatic heterocycles. The zero-order valence-electron chi connectivity index (χ0n) is 28.7. The summed E-state index contributed by atoms with van der Waals surface area (Å²) in [5.41, 5.74) is 2.61. The number of esters is 1. The highest BCUT2D eigenvalue weighted by Gasteiger charge is 2.11. The van der Waals surface area contributed by atoms with Crippen LogP contribution in [0, 0.1) is 0 Å². The van der Waals surface area contributed by atoms with E-state index in [9.17, 15) is 14.7 Å². The maximum Gasteiger partial charge on any atom is 0.338 e. The van der Waals surface area contributed by atoms with E-state index in [1.807, 2.05) is 30.3 Å². The Morgan fingerprint density at radius 3 is 1.74 bits per heavy atom. The molecule has 1 N–H and O–H groups in total. The molecule has 0 aliphatic carbocycles. The first-order chi connectivity index (χ1) is 22.5. The summed E-state index contributed by atoms with van der Waals surface area (Å²) in [6.45, 7) is 7.79. The van der Waals surface area contributed by atoms with E-state index in [4.69, 9.17) is 14.2 Å². The summed E-state index contributed by atoms with van der Waals surface area (Å²) >= 11 is 0. The lowest BCUT2D eigenvalue weighted by Crippen LogP contribution is -2.04. The minimum absolute atomic E-state index is 0.278. The second kappa shape index (κ2) is 24.7. The Balaban J connectivity index is 2.17. The van der Waals surface area contributed by atoms with Crippen molar-refractivity contribution in [2.75, 3.05) is 19.8 Å². The van der Waals surface area contributed by atoms with E-state index in [-0.39, 0.29) is 6.61 Å². The van der Waals surface area contributed by atoms with E-state index < -0.39 is 11.9 Å². The highest BCUT2D eigenvalue weighted by atomic mass is 16.5. The molecule has 0 unspecified atom stereocenters. The summed E-state index contributed by atoms with van der Waals surface area (Å²) in [4.78, 5) is 23.8. The van der Waals surface area contributed by atoms with E-state index in [1.165, 1.54) is 77.0 Å². The van der Waals surface area contributed by atoms with Crippen LogP contribution in [0.15, 0.2) is 54.6 Å². The van der Waals surface area contributed by atoms with E-state index in [2.05, 4.69) is 13.8 Å². The largest absolute Gasteiger partial charge is 0.490 e. The number of carboxylic acid groups (broad SMARTS) is 1. The summed E-state index contributed by atoms with van der Waals surface area (Å²) in [5, 5.41) is 9.34. The molecule has 254 valence electrons. The third-order valence-corrected chi connectivity index (χ3v) is 7.91. The predicted octanol–water partition coefficient (Wildman–Crippen LogP) is 11.1. The van der Waals surface area contributed by atoms with Gasteiger partial charge in [-0.05, 0) is 72.9 Å². The van der Waals surface area contributed by atoms with Gasteiger partial charge in [0.15, 0.2) is 11.5 Å². The molecule has 0 amide bonds. The van der Waals surface area contributed by atoms with Gasteiger partial charge in [0.1, 0.15) is 0 Å². The average molecular weight is 635 g/mol. The molecule has 0 saturated heterocycles. The third kappa shape index (κ3) is 16.7. The molecule has 0 radical (unpaired) electrons. The Labute approximate surface area is 278 Å². The van der Waals surface area contributed by atoms with Crippen LogP contribution in [0.2, 0.25) is 0 Å². The summed E-state index contributed by atoms with van der Waals surface area (Å²) in [6.07, 6.45) is 24.3. The molecular weight excluding hydrogens is 576 g/mol. The van der Waals surface area contributed by atoms with Gasteiger partial charge in [-0.1, -0.05) is 122 Å². The van der Waals surface area contributed by atoms with E-state index in [0.29, 0.717) is 35.7 Å². The molecule has 0 spiro atoms. The number of benzene rings is 2. The maximum absolute atomic E-state index is 12.4. The number of hydrogen-bond donors (Lipinski definition) is 1. The summed E-state index contributed by atoms with van der Waals surface area (Å²) in [7, 11) is 0. The molecule has 2 aromatic carbocycles. The van der Waals surface area contributed by atoms with Crippen molar-refractivity contribution in [1.82, 2.24) is 0 Å². The number of allylic oxidation sites excluding steroid dienone is 2. The Hall–Kier alpha value is -3.54. The van der Waals surface area contributed by atoms with Crippen molar-refractivity contribution in [2.24, 2.45) is 0 Å². The second-order valence-corrected chi connectivity index (χ2v) is 11.9. The second-order valence-electron chi connectivity index (χ2n) is 11.9. The third-order valence-electron chi connectivity index (χ3n) is 7.91. The lowest BCUT2D eigenvalue weighted by atomic mass is 10.00. The Kier molecular flexibility index (Phi) is 20.7. The quantitative estimate of drug-likeness (QED) is 0.0364. The fourth-order valence-corrected chi connectivity index (χ4v) is 5.29. The van der Waals surface area contributed by atoms with Crippen molar-refractivity contribution in [2.45, 2.75) is 124 Å². The lowest BCUT2D eigenvalue weighted by molar-refractivity contribution is -0.131. The number of carbonyl (C=O) groups excluding carboxylic acids is 1. The Morgan fingerprint density at radius 1 is 0.630 bits per heavy atom. The molecule has 0 aliphatic heterocycles. The number of carboxylic acids is 1. The van der Waals surface area contributed by atoms with E-state index in [1.54, 1.807) is 31.2 Å². The number of ether oxygens (including phenoxy) is 3. The molecule has 0 saturated carbocycles. The maximum atomic E-state index is 12.4. The molecule has 0 aliphatic rings. The van der Waals surface area contributed by atoms with Gasteiger partial charge in [-0.15, -0.1) is 0 Å². The van der Waals surface area contributed by atoms with Crippen LogP contribution >= 0.6 is 0 Å². The molecule has 0 atom stereocenters.